The van der Waals surface area contributed by atoms with E-state index in [2.05, 4.69) is 33.7 Å². The second-order valence-corrected chi connectivity index (χ2v) is 12.2. The van der Waals surface area contributed by atoms with Crippen LogP contribution in [0.3, 0.4) is 0 Å². The first-order chi connectivity index (χ1) is 17.1. The average Bonchev–Trinajstić information content (AvgIpc) is 3.33. The maximum Gasteiger partial charge on any atom is 0.166 e. The number of piperidine rings is 1. The first-order valence-corrected chi connectivity index (χ1v) is 13.7. The van der Waals surface area contributed by atoms with E-state index in [1.165, 1.54) is 52.5 Å². The standard InChI is InChI=1S/C30H32N2O3/c33-22-10-9-19-14-23-30(34)15-21-20-8-2-6-18-7-3-12-32(25(18)20)26(21)28-29(30,24(19)27(22)35-28)11-13-31(23)16-17-4-1-5-17/h2,6,8-10,17,23,28,33-34H,1,3-5,7,11-16H2/t23-,28+,29+,30-/m1/s1. The Bertz CT molecular complexity index is 1440. The molecule has 5 nitrogen and oxygen atoms in total. The van der Waals surface area contributed by atoms with E-state index in [0.29, 0.717) is 12.2 Å². The van der Waals surface area contributed by atoms with Gasteiger partial charge in [-0.2, -0.15) is 0 Å². The van der Waals surface area contributed by atoms with Crippen molar-refractivity contribution in [3.05, 3.63) is 58.3 Å². The monoisotopic (exact) mass is 468 g/mol. The lowest BCUT2D eigenvalue weighted by Crippen LogP contribution is -2.74. The molecule has 6 aliphatic rings. The van der Waals surface area contributed by atoms with Crippen LogP contribution in [-0.2, 0) is 31.2 Å². The van der Waals surface area contributed by atoms with Crippen LogP contribution in [0.1, 0.15) is 66.2 Å². The second-order valence-electron chi connectivity index (χ2n) is 12.2. The Labute approximate surface area is 205 Å². The van der Waals surface area contributed by atoms with Crippen LogP contribution >= 0.6 is 0 Å². The number of phenolic OH excluding ortho intramolecular Hbond substituents is 1. The molecule has 180 valence electrons. The molecule has 2 bridgehead atoms. The number of nitrogens with zero attached hydrogens (tertiary/aromatic N) is 2. The fraction of sp³-hybridized carbons (Fsp3) is 0.533. The molecular weight excluding hydrogens is 436 g/mol. The lowest BCUT2D eigenvalue weighted by molar-refractivity contribution is -0.176. The lowest BCUT2D eigenvalue weighted by Gasteiger charge is -2.63. The summed E-state index contributed by atoms with van der Waals surface area (Å²) in [7, 11) is 0. The molecule has 3 aromatic rings. The van der Waals surface area contributed by atoms with Gasteiger partial charge in [0.25, 0.3) is 0 Å². The predicted octanol–water partition coefficient (Wildman–Crippen LogP) is 4.38. The van der Waals surface area contributed by atoms with Gasteiger partial charge in [0.15, 0.2) is 17.6 Å². The first-order valence-electron chi connectivity index (χ1n) is 13.7. The van der Waals surface area contributed by atoms with Gasteiger partial charge in [-0.05, 0) is 73.7 Å². The third-order valence-corrected chi connectivity index (χ3v) is 10.9. The Morgan fingerprint density at radius 2 is 1.97 bits per heavy atom. The smallest absolute Gasteiger partial charge is 0.166 e. The molecule has 4 atom stereocenters. The Hall–Kier alpha value is -2.50. The number of aryl methyl sites for hydroxylation is 2. The molecule has 4 heterocycles. The van der Waals surface area contributed by atoms with Gasteiger partial charge in [-0.1, -0.05) is 30.7 Å². The van der Waals surface area contributed by atoms with Crippen LogP contribution in [0.15, 0.2) is 30.3 Å². The van der Waals surface area contributed by atoms with Gasteiger partial charge >= 0.3 is 0 Å². The van der Waals surface area contributed by atoms with Crippen LogP contribution in [0, 0.1) is 5.92 Å². The average molecular weight is 469 g/mol. The largest absolute Gasteiger partial charge is 0.504 e. The van der Waals surface area contributed by atoms with Crippen molar-refractivity contribution in [3.8, 4) is 11.5 Å². The van der Waals surface area contributed by atoms with Gasteiger partial charge in [-0.3, -0.25) is 4.90 Å². The van der Waals surface area contributed by atoms with E-state index < -0.39 is 11.0 Å². The molecule has 2 N–H and O–H groups in total. The number of benzene rings is 2. The lowest BCUT2D eigenvalue weighted by atomic mass is 9.49. The van der Waals surface area contributed by atoms with Crippen LogP contribution in [0.5, 0.6) is 11.5 Å². The van der Waals surface area contributed by atoms with Gasteiger partial charge in [-0.15, -0.1) is 0 Å². The number of fused-ring (bicyclic) bond motifs is 4. The molecule has 1 saturated heterocycles. The summed E-state index contributed by atoms with van der Waals surface area (Å²) in [5, 5.41) is 25.3. The van der Waals surface area contributed by atoms with Crippen LogP contribution in [0.2, 0.25) is 0 Å². The van der Waals surface area contributed by atoms with E-state index in [4.69, 9.17) is 4.74 Å². The number of para-hydroxylation sites is 1. The number of rotatable bonds is 2. The molecule has 0 radical (unpaired) electrons. The minimum atomic E-state index is -0.901. The zero-order valence-corrected chi connectivity index (χ0v) is 20.1. The molecule has 35 heavy (non-hydrogen) atoms. The van der Waals surface area contributed by atoms with Gasteiger partial charge in [0.2, 0.25) is 0 Å². The molecule has 5 heteroatoms. The molecule has 1 aromatic heterocycles. The molecule has 0 amide bonds. The number of aliphatic hydroxyl groups is 1. The highest BCUT2D eigenvalue weighted by molar-refractivity contribution is 5.90. The van der Waals surface area contributed by atoms with Gasteiger partial charge in [-0.25, -0.2) is 0 Å². The summed E-state index contributed by atoms with van der Waals surface area (Å²) in [5.74, 6) is 1.64. The quantitative estimate of drug-likeness (QED) is 0.586. The van der Waals surface area contributed by atoms with Gasteiger partial charge < -0.3 is 19.5 Å². The van der Waals surface area contributed by atoms with E-state index in [9.17, 15) is 10.2 Å². The van der Waals surface area contributed by atoms with E-state index in [-0.39, 0.29) is 17.9 Å². The fourth-order valence-corrected chi connectivity index (χ4v) is 9.22. The van der Waals surface area contributed by atoms with Crippen molar-refractivity contribution >= 4 is 10.9 Å². The van der Waals surface area contributed by atoms with Gasteiger partial charge in [0.1, 0.15) is 0 Å². The molecule has 3 aliphatic carbocycles. The fourth-order valence-electron chi connectivity index (χ4n) is 9.22. The van der Waals surface area contributed by atoms with Crippen molar-refractivity contribution < 1.29 is 14.9 Å². The summed E-state index contributed by atoms with van der Waals surface area (Å²) < 4.78 is 9.36. The van der Waals surface area contributed by atoms with Crippen molar-refractivity contribution in [2.75, 3.05) is 13.1 Å². The minimum absolute atomic E-state index is 0.0887. The van der Waals surface area contributed by atoms with E-state index in [1.54, 1.807) is 0 Å². The number of likely N-dealkylation sites (tertiary alicyclic amines) is 1. The van der Waals surface area contributed by atoms with Crippen molar-refractivity contribution in [3.63, 3.8) is 0 Å². The van der Waals surface area contributed by atoms with E-state index >= 15 is 0 Å². The number of ether oxygens (including phenoxy) is 1. The molecule has 2 fully saturated rings. The van der Waals surface area contributed by atoms with Crippen molar-refractivity contribution in [2.45, 2.75) is 81.1 Å². The van der Waals surface area contributed by atoms with E-state index in [1.807, 2.05) is 6.07 Å². The van der Waals surface area contributed by atoms with E-state index in [0.717, 1.165) is 56.8 Å². The maximum absolute atomic E-state index is 13.0. The summed E-state index contributed by atoms with van der Waals surface area (Å²) in [4.78, 5) is 2.63. The highest BCUT2D eigenvalue weighted by atomic mass is 16.5. The Morgan fingerprint density at radius 1 is 1.06 bits per heavy atom. The molecule has 1 saturated carbocycles. The highest BCUT2D eigenvalue weighted by Gasteiger charge is 2.73. The number of aromatic hydroxyl groups is 1. The summed E-state index contributed by atoms with van der Waals surface area (Å²) in [6.45, 7) is 3.11. The topological polar surface area (TPSA) is 57.9 Å². The SMILES string of the molecule is Oc1ccc2c3c1O[C@H]1c4c(c5cccc6c5n4CCC6)C[C@@]4(O)[C@@H](C2)N(CC2CCC2)CC[C@]314. The van der Waals surface area contributed by atoms with Crippen molar-refractivity contribution in [2.24, 2.45) is 5.92 Å². The Kier molecular flexibility index (Phi) is 3.51. The Morgan fingerprint density at radius 3 is 2.83 bits per heavy atom. The summed E-state index contributed by atoms with van der Waals surface area (Å²) >= 11 is 0. The number of phenols is 1. The highest BCUT2D eigenvalue weighted by Crippen LogP contribution is 2.69. The van der Waals surface area contributed by atoms with Gasteiger partial charge in [0.05, 0.1) is 22.2 Å². The normalized spacial score (nSPS) is 34.3. The third kappa shape index (κ3) is 2.09. The summed E-state index contributed by atoms with van der Waals surface area (Å²) in [6.07, 6.45) is 8.41. The van der Waals surface area contributed by atoms with Crippen molar-refractivity contribution in [1.82, 2.24) is 9.47 Å². The van der Waals surface area contributed by atoms with Crippen LogP contribution in [-0.4, -0.2) is 44.4 Å². The predicted molar refractivity (Wildman–Crippen MR) is 133 cm³/mol. The van der Waals surface area contributed by atoms with Crippen LogP contribution in [0.25, 0.3) is 10.9 Å². The molecule has 2 aromatic carbocycles. The number of hydrogen-bond acceptors (Lipinski definition) is 4. The van der Waals surface area contributed by atoms with Crippen LogP contribution in [0.4, 0.5) is 0 Å². The van der Waals surface area contributed by atoms with Crippen LogP contribution < -0.4 is 4.74 Å². The second kappa shape index (κ2) is 6.24. The number of aromatic nitrogens is 1. The molecule has 1 spiro atoms. The Balaban J connectivity index is 1.33. The molecule has 3 aliphatic heterocycles. The van der Waals surface area contributed by atoms with Crippen molar-refractivity contribution in [1.29, 1.82) is 0 Å². The first kappa shape index (κ1) is 19.7. The minimum Gasteiger partial charge on any atom is -0.504 e. The molecule has 9 rings (SSSR count). The summed E-state index contributed by atoms with van der Waals surface area (Å²) in [5.41, 5.74) is 6.33. The maximum atomic E-state index is 13.0. The molecule has 0 unspecified atom stereocenters. The zero-order chi connectivity index (χ0) is 23.1. The molecular formula is C30H32N2O3. The van der Waals surface area contributed by atoms with Gasteiger partial charge in [0, 0.05) is 36.5 Å². The zero-order valence-electron chi connectivity index (χ0n) is 20.1. The summed E-state index contributed by atoms with van der Waals surface area (Å²) in [6, 6.07) is 10.7. The third-order valence-electron chi connectivity index (χ3n) is 10.9. The number of hydrogen-bond donors (Lipinski definition) is 2.